The smallest absolute Gasteiger partial charge is 0.255 e. The molecule has 1 amide bonds. The topological polar surface area (TPSA) is 72.6 Å². The van der Waals surface area contributed by atoms with E-state index in [1.165, 1.54) is 6.33 Å². The molecule has 3 aromatic rings. The molecule has 0 bridgehead atoms. The Labute approximate surface area is 146 Å². The molecule has 7 nitrogen and oxygen atoms in total. The van der Waals surface area contributed by atoms with Crippen LogP contribution in [-0.2, 0) is 0 Å². The van der Waals surface area contributed by atoms with E-state index in [-0.39, 0.29) is 12.0 Å². The van der Waals surface area contributed by atoms with Gasteiger partial charge in [-0.3, -0.25) is 4.79 Å². The monoisotopic (exact) mass is 387 g/mol. The van der Waals surface area contributed by atoms with Crippen LogP contribution in [0.4, 0.5) is 0 Å². The maximum absolute atomic E-state index is 12.5. The number of rotatable bonds is 3. The number of ether oxygens (including phenoxy) is 1. The standard InChI is InChI=1S/C16H14BrN5O2/c1-10-6-14(22-16(20-10)18-9-19-22)24-11-7-21(8-11)15(23)12-4-2-3-5-13(12)17/h2-6,9,11H,7-8H2,1H3. The largest absolute Gasteiger partial charge is 0.470 e. The highest BCUT2D eigenvalue weighted by molar-refractivity contribution is 9.10. The van der Waals surface area contributed by atoms with Crippen molar-refractivity contribution in [1.82, 2.24) is 24.5 Å². The summed E-state index contributed by atoms with van der Waals surface area (Å²) in [5.74, 6) is 1.09. The van der Waals surface area contributed by atoms with Crippen LogP contribution in [0.3, 0.4) is 0 Å². The Balaban J connectivity index is 1.45. The minimum atomic E-state index is -0.0642. The van der Waals surface area contributed by atoms with Crippen LogP contribution in [0, 0.1) is 6.92 Å². The van der Waals surface area contributed by atoms with Crippen molar-refractivity contribution >= 4 is 27.6 Å². The molecule has 0 aliphatic carbocycles. The van der Waals surface area contributed by atoms with Crippen LogP contribution in [0.1, 0.15) is 16.1 Å². The maximum Gasteiger partial charge on any atom is 0.255 e. The predicted octanol–water partition coefficient (Wildman–Crippen LogP) is 2.10. The van der Waals surface area contributed by atoms with Gasteiger partial charge in [0.2, 0.25) is 5.88 Å². The van der Waals surface area contributed by atoms with E-state index in [1.807, 2.05) is 37.3 Å². The van der Waals surface area contributed by atoms with Crippen LogP contribution in [0.15, 0.2) is 41.1 Å². The van der Waals surface area contributed by atoms with E-state index < -0.39 is 0 Å². The minimum Gasteiger partial charge on any atom is -0.470 e. The molecule has 2 aromatic heterocycles. The Morgan fingerprint density at radius 1 is 1.33 bits per heavy atom. The second-order valence-electron chi connectivity index (χ2n) is 5.64. The summed E-state index contributed by atoms with van der Waals surface area (Å²) in [5, 5.41) is 4.12. The second kappa shape index (κ2) is 5.86. The number of fused-ring (bicyclic) bond motifs is 1. The molecular weight excluding hydrogens is 374 g/mol. The van der Waals surface area contributed by atoms with Gasteiger partial charge >= 0.3 is 0 Å². The molecule has 1 saturated heterocycles. The normalized spacial score (nSPS) is 14.7. The number of hydrogen-bond acceptors (Lipinski definition) is 5. The Kier molecular flexibility index (Phi) is 3.68. The van der Waals surface area contributed by atoms with Gasteiger partial charge in [0.1, 0.15) is 12.4 Å². The van der Waals surface area contributed by atoms with Gasteiger partial charge in [0, 0.05) is 16.2 Å². The van der Waals surface area contributed by atoms with Crippen LogP contribution >= 0.6 is 15.9 Å². The molecule has 0 saturated carbocycles. The maximum atomic E-state index is 12.5. The summed E-state index contributed by atoms with van der Waals surface area (Å²) in [7, 11) is 0. The summed E-state index contributed by atoms with van der Waals surface area (Å²) in [6.07, 6.45) is 1.38. The third-order valence-corrected chi connectivity index (χ3v) is 4.57. The highest BCUT2D eigenvalue weighted by Crippen LogP contribution is 2.23. The summed E-state index contributed by atoms with van der Waals surface area (Å²) in [6.45, 7) is 2.96. The number of nitrogens with zero attached hydrogens (tertiary/aromatic N) is 5. The molecule has 0 atom stereocenters. The minimum absolute atomic E-state index is 0.000799. The third kappa shape index (κ3) is 2.62. The lowest BCUT2D eigenvalue weighted by Gasteiger charge is -2.39. The number of aryl methyl sites for hydroxylation is 1. The highest BCUT2D eigenvalue weighted by atomic mass is 79.9. The van der Waals surface area contributed by atoms with E-state index in [0.717, 1.165) is 10.2 Å². The lowest BCUT2D eigenvalue weighted by atomic mass is 10.1. The molecule has 3 heterocycles. The third-order valence-electron chi connectivity index (χ3n) is 3.87. The zero-order valence-electron chi connectivity index (χ0n) is 12.9. The molecule has 1 aromatic carbocycles. The van der Waals surface area contributed by atoms with Crippen LogP contribution in [0.25, 0.3) is 5.78 Å². The fraction of sp³-hybridized carbons (Fsp3) is 0.250. The fourth-order valence-corrected chi connectivity index (χ4v) is 3.09. The van der Waals surface area contributed by atoms with Crippen molar-refractivity contribution in [1.29, 1.82) is 0 Å². The van der Waals surface area contributed by atoms with Crippen molar-refractivity contribution in [2.24, 2.45) is 0 Å². The summed E-state index contributed by atoms with van der Waals surface area (Å²) in [6, 6.07) is 9.24. The summed E-state index contributed by atoms with van der Waals surface area (Å²) < 4.78 is 8.32. The molecule has 122 valence electrons. The zero-order valence-corrected chi connectivity index (χ0v) is 14.5. The molecule has 1 aliphatic rings. The van der Waals surface area contributed by atoms with Crippen LogP contribution < -0.4 is 4.74 Å². The van der Waals surface area contributed by atoms with Gasteiger partial charge in [-0.05, 0) is 35.0 Å². The van der Waals surface area contributed by atoms with Crippen LogP contribution in [0.2, 0.25) is 0 Å². The van der Waals surface area contributed by atoms with Crippen LogP contribution in [0.5, 0.6) is 5.88 Å². The van der Waals surface area contributed by atoms with Crippen molar-refractivity contribution in [3.63, 3.8) is 0 Å². The van der Waals surface area contributed by atoms with Crippen molar-refractivity contribution in [3.8, 4) is 5.88 Å². The highest BCUT2D eigenvalue weighted by Gasteiger charge is 2.34. The average molecular weight is 388 g/mol. The lowest BCUT2D eigenvalue weighted by Crippen LogP contribution is -2.56. The van der Waals surface area contributed by atoms with E-state index in [2.05, 4.69) is 31.0 Å². The van der Waals surface area contributed by atoms with Gasteiger partial charge in [-0.15, -0.1) is 0 Å². The van der Waals surface area contributed by atoms with Gasteiger partial charge in [0.25, 0.3) is 11.7 Å². The van der Waals surface area contributed by atoms with Gasteiger partial charge in [0.05, 0.1) is 18.7 Å². The van der Waals surface area contributed by atoms with E-state index >= 15 is 0 Å². The SMILES string of the molecule is Cc1cc(OC2CN(C(=O)c3ccccc3Br)C2)n2ncnc2n1. The number of halogens is 1. The van der Waals surface area contributed by atoms with Gasteiger partial charge in [-0.25, -0.2) is 4.98 Å². The van der Waals surface area contributed by atoms with E-state index in [9.17, 15) is 4.79 Å². The molecule has 0 N–H and O–H groups in total. The Bertz CT molecular complexity index is 920. The summed E-state index contributed by atoms with van der Waals surface area (Å²) in [4.78, 5) is 22.6. The quantitative estimate of drug-likeness (QED) is 0.687. The first-order valence-electron chi connectivity index (χ1n) is 7.49. The number of hydrogen-bond donors (Lipinski definition) is 0. The fourth-order valence-electron chi connectivity index (χ4n) is 2.64. The van der Waals surface area contributed by atoms with E-state index in [1.54, 1.807) is 9.42 Å². The first kappa shape index (κ1) is 15.1. The number of aromatic nitrogens is 4. The molecule has 1 aliphatic heterocycles. The number of amides is 1. The molecule has 0 unspecified atom stereocenters. The van der Waals surface area contributed by atoms with Gasteiger partial charge < -0.3 is 9.64 Å². The van der Waals surface area contributed by atoms with Gasteiger partial charge in [0.15, 0.2) is 0 Å². The number of carbonyl (C=O) groups is 1. The first-order valence-corrected chi connectivity index (χ1v) is 8.29. The second-order valence-corrected chi connectivity index (χ2v) is 6.49. The molecule has 8 heteroatoms. The van der Waals surface area contributed by atoms with Crippen molar-refractivity contribution in [3.05, 3.63) is 52.4 Å². The molecule has 0 spiro atoms. The summed E-state index contributed by atoms with van der Waals surface area (Å²) >= 11 is 3.41. The Hall–Kier alpha value is -2.48. The zero-order chi connectivity index (χ0) is 16.7. The first-order chi connectivity index (χ1) is 11.6. The molecule has 1 fully saturated rings. The number of likely N-dealkylation sites (tertiary alicyclic amines) is 1. The molecule has 4 rings (SSSR count). The van der Waals surface area contributed by atoms with Crippen molar-refractivity contribution in [2.75, 3.05) is 13.1 Å². The van der Waals surface area contributed by atoms with Gasteiger partial charge in [-0.2, -0.15) is 14.6 Å². The summed E-state index contributed by atoms with van der Waals surface area (Å²) in [5.41, 5.74) is 1.47. The predicted molar refractivity (Wildman–Crippen MR) is 90.0 cm³/mol. The number of carbonyl (C=O) groups excluding carboxylic acids is 1. The Morgan fingerprint density at radius 3 is 2.92 bits per heavy atom. The number of benzene rings is 1. The van der Waals surface area contributed by atoms with E-state index in [0.29, 0.717) is 30.3 Å². The Morgan fingerprint density at radius 2 is 2.12 bits per heavy atom. The van der Waals surface area contributed by atoms with Crippen molar-refractivity contribution < 1.29 is 9.53 Å². The van der Waals surface area contributed by atoms with Crippen LogP contribution in [-0.4, -0.2) is 49.6 Å². The molecule has 24 heavy (non-hydrogen) atoms. The van der Waals surface area contributed by atoms with Crippen molar-refractivity contribution in [2.45, 2.75) is 13.0 Å². The molecular formula is C16H14BrN5O2. The van der Waals surface area contributed by atoms with Gasteiger partial charge in [-0.1, -0.05) is 12.1 Å². The van der Waals surface area contributed by atoms with E-state index in [4.69, 9.17) is 4.74 Å². The molecule has 0 radical (unpaired) electrons. The average Bonchev–Trinajstić information content (AvgIpc) is 2.98. The lowest BCUT2D eigenvalue weighted by molar-refractivity contribution is 0.0150.